The van der Waals surface area contributed by atoms with Gasteiger partial charge in [0.05, 0.1) is 0 Å². The summed E-state index contributed by atoms with van der Waals surface area (Å²) in [5.74, 6) is 0. The van der Waals surface area contributed by atoms with E-state index < -0.39 is 0 Å². The molecule has 168 valence electrons. The van der Waals surface area contributed by atoms with Gasteiger partial charge in [-0.1, -0.05) is 88.4 Å². The maximum atomic E-state index is 6.66. The van der Waals surface area contributed by atoms with Crippen LogP contribution in [0.25, 0.3) is 12.2 Å². The topological polar surface area (TPSA) is 15.7 Å². The van der Waals surface area contributed by atoms with Crippen molar-refractivity contribution < 1.29 is 4.74 Å². The molecule has 0 bridgehead atoms. The van der Waals surface area contributed by atoms with E-state index in [9.17, 15) is 0 Å². The molecule has 3 nitrogen and oxygen atoms in total. The van der Waals surface area contributed by atoms with E-state index in [1.54, 1.807) is 0 Å². The predicted octanol–water partition coefficient (Wildman–Crippen LogP) is 7.59. The lowest BCUT2D eigenvalue weighted by atomic mass is 10.1. The Morgan fingerprint density at radius 1 is 0.742 bits per heavy atom. The van der Waals surface area contributed by atoms with Crippen molar-refractivity contribution >= 4 is 23.5 Å². The van der Waals surface area contributed by atoms with E-state index in [1.165, 1.54) is 11.4 Å². The van der Waals surface area contributed by atoms with Gasteiger partial charge in [0.2, 0.25) is 0 Å². The van der Waals surface area contributed by atoms with Gasteiger partial charge in [0, 0.05) is 24.5 Å². The van der Waals surface area contributed by atoms with E-state index >= 15 is 0 Å². The highest BCUT2D eigenvalue weighted by molar-refractivity contribution is 5.68. The third-order valence-corrected chi connectivity index (χ3v) is 5.71. The van der Waals surface area contributed by atoms with Crippen LogP contribution in [-0.4, -0.2) is 25.5 Å². The lowest BCUT2D eigenvalue weighted by Gasteiger charge is -2.38. The van der Waals surface area contributed by atoms with Crippen LogP contribution >= 0.6 is 0 Å². The van der Waals surface area contributed by atoms with Crippen molar-refractivity contribution in [3.05, 3.63) is 72.8 Å². The molecule has 0 saturated carbocycles. The number of benzene rings is 2. The fraction of sp³-hybridized carbons (Fsp3) is 0.429. The van der Waals surface area contributed by atoms with E-state index in [0.717, 1.165) is 49.9 Å². The highest BCUT2D eigenvalue weighted by Crippen LogP contribution is 2.28. The lowest BCUT2D eigenvalue weighted by Crippen LogP contribution is -2.44. The summed E-state index contributed by atoms with van der Waals surface area (Å²) in [7, 11) is 0. The van der Waals surface area contributed by atoms with Crippen LogP contribution < -0.4 is 9.80 Å². The molecule has 2 aromatic carbocycles. The zero-order valence-electron chi connectivity index (χ0n) is 19.9. The molecule has 0 amide bonds. The van der Waals surface area contributed by atoms with E-state index in [2.05, 4.69) is 99.2 Å². The first-order chi connectivity index (χ1) is 15.1. The Balaban J connectivity index is 2.29. The fourth-order valence-electron chi connectivity index (χ4n) is 3.93. The van der Waals surface area contributed by atoms with Crippen LogP contribution in [-0.2, 0) is 4.74 Å². The molecule has 2 unspecified atom stereocenters. The first-order valence-corrected chi connectivity index (χ1v) is 11.7. The summed E-state index contributed by atoms with van der Waals surface area (Å²) in [6, 6.07) is 16.9. The maximum absolute atomic E-state index is 6.66. The summed E-state index contributed by atoms with van der Waals surface area (Å²) in [6.07, 6.45) is 8.25. The van der Waals surface area contributed by atoms with Gasteiger partial charge in [-0.25, -0.2) is 0 Å². The summed E-state index contributed by atoms with van der Waals surface area (Å²) in [4.78, 5) is 4.74. The molecule has 0 fully saturated rings. The molecule has 0 heterocycles. The quantitative estimate of drug-likeness (QED) is 0.293. The Kier molecular flexibility index (Phi) is 10.4. The van der Waals surface area contributed by atoms with Gasteiger partial charge < -0.3 is 14.5 Å². The number of nitrogens with zero attached hydrogens (tertiary/aromatic N) is 2. The third-order valence-electron chi connectivity index (χ3n) is 5.71. The van der Waals surface area contributed by atoms with Crippen LogP contribution in [0.5, 0.6) is 0 Å². The van der Waals surface area contributed by atoms with Crippen molar-refractivity contribution in [2.75, 3.05) is 22.9 Å². The number of rotatable bonds is 14. The van der Waals surface area contributed by atoms with Crippen LogP contribution in [0.1, 0.15) is 64.5 Å². The zero-order chi connectivity index (χ0) is 22.6. The molecule has 0 aliphatic heterocycles. The Hall–Kier alpha value is -2.52. The molecule has 2 atom stereocenters. The van der Waals surface area contributed by atoms with E-state index in [4.69, 9.17) is 4.74 Å². The van der Waals surface area contributed by atoms with E-state index in [0.29, 0.717) is 0 Å². The van der Waals surface area contributed by atoms with Crippen molar-refractivity contribution in [3.8, 4) is 0 Å². The Labute approximate surface area is 190 Å². The van der Waals surface area contributed by atoms with Gasteiger partial charge in [-0.15, -0.1) is 0 Å². The molecule has 0 radical (unpaired) electrons. The minimum absolute atomic E-state index is 0.0670. The Morgan fingerprint density at radius 3 is 1.48 bits per heavy atom. The predicted molar refractivity (Wildman–Crippen MR) is 138 cm³/mol. The standard InChI is InChI=1S/C28H40N2O/c1-7-11-21-29(27-19-15-13-17-25(27)9-3)23(5)31-24(6)30(22-12-8-2)28-20-16-14-18-26(28)10-4/h9-10,13-20,23-24H,3-4,7-8,11-12,21-22H2,1-2,5-6H3. The monoisotopic (exact) mass is 420 g/mol. The van der Waals surface area contributed by atoms with Crippen molar-refractivity contribution in [1.29, 1.82) is 0 Å². The molecule has 2 rings (SSSR count). The molecule has 0 spiro atoms. The van der Waals surface area contributed by atoms with Gasteiger partial charge in [-0.3, -0.25) is 0 Å². The molecule has 2 aromatic rings. The number of hydrogen-bond donors (Lipinski definition) is 0. The van der Waals surface area contributed by atoms with E-state index in [1.807, 2.05) is 12.2 Å². The normalized spacial score (nSPS) is 12.8. The molecule has 31 heavy (non-hydrogen) atoms. The summed E-state index contributed by atoms with van der Waals surface area (Å²) in [6.45, 7) is 18.7. The van der Waals surface area contributed by atoms with Crippen LogP contribution in [0.4, 0.5) is 11.4 Å². The molecular formula is C28H40N2O. The molecule has 0 aromatic heterocycles. The zero-order valence-corrected chi connectivity index (χ0v) is 19.9. The molecule has 0 aliphatic carbocycles. The second-order valence-corrected chi connectivity index (χ2v) is 7.95. The summed E-state index contributed by atoms with van der Waals surface area (Å²) in [5, 5.41) is 0. The number of anilines is 2. The average molecular weight is 421 g/mol. The highest BCUT2D eigenvalue weighted by Gasteiger charge is 2.23. The highest BCUT2D eigenvalue weighted by atomic mass is 16.5. The smallest absolute Gasteiger partial charge is 0.129 e. The minimum atomic E-state index is -0.0670. The molecule has 0 aliphatic rings. The Bertz CT molecular complexity index is 749. The first kappa shape index (κ1) is 24.7. The van der Waals surface area contributed by atoms with Gasteiger partial charge in [0.15, 0.2) is 0 Å². The second kappa shape index (κ2) is 13.0. The molecule has 0 saturated heterocycles. The van der Waals surface area contributed by atoms with Crippen LogP contribution in [0.3, 0.4) is 0 Å². The summed E-state index contributed by atoms with van der Waals surface area (Å²) in [5.41, 5.74) is 4.64. The lowest BCUT2D eigenvalue weighted by molar-refractivity contribution is 0.00493. The Morgan fingerprint density at radius 2 is 1.13 bits per heavy atom. The van der Waals surface area contributed by atoms with Gasteiger partial charge >= 0.3 is 0 Å². The van der Waals surface area contributed by atoms with Crippen LogP contribution in [0.2, 0.25) is 0 Å². The number of hydrogen-bond acceptors (Lipinski definition) is 3. The van der Waals surface area contributed by atoms with Crippen molar-refractivity contribution in [2.24, 2.45) is 0 Å². The fourth-order valence-corrected chi connectivity index (χ4v) is 3.93. The van der Waals surface area contributed by atoms with Gasteiger partial charge in [-0.2, -0.15) is 0 Å². The maximum Gasteiger partial charge on any atom is 0.129 e. The van der Waals surface area contributed by atoms with Crippen molar-refractivity contribution in [2.45, 2.75) is 65.8 Å². The second-order valence-electron chi connectivity index (χ2n) is 7.95. The van der Waals surface area contributed by atoms with E-state index in [-0.39, 0.29) is 12.5 Å². The molecule has 0 N–H and O–H groups in total. The number of ether oxygens (including phenoxy) is 1. The van der Waals surface area contributed by atoms with Gasteiger partial charge in [-0.05, 0) is 49.9 Å². The molecular weight excluding hydrogens is 380 g/mol. The summed E-state index contributed by atoms with van der Waals surface area (Å²) < 4.78 is 6.66. The number of unbranched alkanes of at least 4 members (excludes halogenated alkanes) is 2. The molecule has 3 heteroatoms. The van der Waals surface area contributed by atoms with Crippen LogP contribution in [0.15, 0.2) is 61.7 Å². The number of para-hydroxylation sites is 2. The van der Waals surface area contributed by atoms with Crippen LogP contribution in [0, 0.1) is 0 Å². The summed E-state index contributed by atoms with van der Waals surface area (Å²) >= 11 is 0. The third kappa shape index (κ3) is 6.73. The van der Waals surface area contributed by atoms with Crippen molar-refractivity contribution in [3.63, 3.8) is 0 Å². The SMILES string of the molecule is C=Cc1ccccc1N(CCCC)C(C)OC(C)N(CCCC)c1ccccc1C=C. The van der Waals surface area contributed by atoms with Crippen molar-refractivity contribution in [1.82, 2.24) is 0 Å². The van der Waals surface area contributed by atoms with Gasteiger partial charge in [0.25, 0.3) is 0 Å². The largest absolute Gasteiger partial charge is 0.346 e. The average Bonchev–Trinajstić information content (AvgIpc) is 2.80. The first-order valence-electron chi connectivity index (χ1n) is 11.7. The van der Waals surface area contributed by atoms with Gasteiger partial charge in [0.1, 0.15) is 12.5 Å². The minimum Gasteiger partial charge on any atom is -0.346 e.